The fourth-order valence-corrected chi connectivity index (χ4v) is 4.11. The molecule has 1 aromatic carbocycles. The van der Waals surface area contributed by atoms with Gasteiger partial charge in [-0.05, 0) is 12.1 Å². The van der Waals surface area contributed by atoms with Crippen molar-refractivity contribution in [2.75, 3.05) is 12.0 Å². The van der Waals surface area contributed by atoms with Gasteiger partial charge in [0, 0.05) is 6.26 Å². The lowest BCUT2D eigenvalue weighted by Crippen LogP contribution is -2.15. The molecule has 106 valence electrons. The van der Waals surface area contributed by atoms with Crippen LogP contribution in [-0.2, 0) is 19.7 Å². The first kappa shape index (κ1) is 15.6. The summed E-state index contributed by atoms with van der Waals surface area (Å²) in [6, 6.07) is 1.52. The van der Waals surface area contributed by atoms with E-state index in [-0.39, 0.29) is 0 Å². The average Bonchev–Trinajstić information content (AvgIpc) is 2.26. The van der Waals surface area contributed by atoms with Gasteiger partial charge in [0.25, 0.3) is 0 Å². The molecule has 1 aromatic rings. The highest BCUT2D eigenvalue weighted by Gasteiger charge is 2.29. The number of carboxylic acids is 1. The summed E-state index contributed by atoms with van der Waals surface area (Å²) in [6.07, 6.45) is 0.617. The van der Waals surface area contributed by atoms with Crippen molar-refractivity contribution < 1.29 is 31.1 Å². The monoisotopic (exact) mass is 310 g/mol. The molecule has 1 rings (SSSR count). The third-order valence-corrected chi connectivity index (χ3v) is 5.42. The van der Waals surface area contributed by atoms with Gasteiger partial charge in [0.05, 0.1) is 16.2 Å². The van der Waals surface area contributed by atoms with Crippen LogP contribution < -0.4 is 0 Å². The molecular formula is C10H11FO6S2. The average molecular weight is 310 g/mol. The van der Waals surface area contributed by atoms with Crippen molar-refractivity contribution in [1.82, 2.24) is 0 Å². The molecule has 9 heteroatoms. The maximum absolute atomic E-state index is 13.9. The molecule has 0 unspecified atom stereocenters. The lowest BCUT2D eigenvalue weighted by atomic mass is 10.2. The summed E-state index contributed by atoms with van der Waals surface area (Å²) in [7, 11) is -8.22. The zero-order valence-electron chi connectivity index (χ0n) is 10.0. The topological polar surface area (TPSA) is 106 Å². The second-order valence-electron chi connectivity index (χ2n) is 3.74. The quantitative estimate of drug-likeness (QED) is 0.878. The van der Waals surface area contributed by atoms with E-state index in [0.717, 1.165) is 12.1 Å². The summed E-state index contributed by atoms with van der Waals surface area (Å²) >= 11 is 0. The van der Waals surface area contributed by atoms with Crippen molar-refractivity contribution in [1.29, 1.82) is 0 Å². The van der Waals surface area contributed by atoms with Gasteiger partial charge in [0.15, 0.2) is 25.5 Å². The second kappa shape index (κ2) is 4.89. The molecule has 0 bridgehead atoms. The predicted molar refractivity (Wildman–Crippen MR) is 64.2 cm³/mol. The van der Waals surface area contributed by atoms with E-state index in [2.05, 4.69) is 0 Å². The van der Waals surface area contributed by atoms with Gasteiger partial charge in [0.2, 0.25) is 0 Å². The maximum atomic E-state index is 13.9. The van der Waals surface area contributed by atoms with Crippen LogP contribution in [-0.4, -0.2) is 39.9 Å². The molecule has 0 saturated heterocycles. The van der Waals surface area contributed by atoms with E-state index in [4.69, 9.17) is 5.11 Å². The van der Waals surface area contributed by atoms with E-state index in [1.807, 2.05) is 0 Å². The molecule has 0 aliphatic carbocycles. The zero-order chi connectivity index (χ0) is 15.0. The highest BCUT2D eigenvalue weighted by atomic mass is 32.2. The molecule has 19 heavy (non-hydrogen) atoms. The Bertz CT molecular complexity index is 734. The SMILES string of the molecule is CCS(=O)(=O)c1ccc(C(=O)O)c(F)c1S(C)(=O)=O. The van der Waals surface area contributed by atoms with E-state index in [9.17, 15) is 26.0 Å². The summed E-state index contributed by atoms with van der Waals surface area (Å²) < 4.78 is 60.4. The van der Waals surface area contributed by atoms with Crippen LogP contribution in [0.5, 0.6) is 0 Å². The molecule has 0 atom stereocenters. The molecule has 0 fully saturated rings. The van der Waals surface area contributed by atoms with Crippen molar-refractivity contribution in [3.63, 3.8) is 0 Å². The minimum absolute atomic E-state index is 0.429. The van der Waals surface area contributed by atoms with E-state index >= 15 is 0 Å². The minimum Gasteiger partial charge on any atom is -0.478 e. The van der Waals surface area contributed by atoms with E-state index in [0.29, 0.717) is 6.26 Å². The number of hydrogen-bond acceptors (Lipinski definition) is 5. The van der Waals surface area contributed by atoms with Crippen molar-refractivity contribution in [2.45, 2.75) is 16.7 Å². The zero-order valence-corrected chi connectivity index (χ0v) is 11.7. The Kier molecular flexibility index (Phi) is 4.01. The number of benzene rings is 1. The van der Waals surface area contributed by atoms with Gasteiger partial charge < -0.3 is 5.11 Å². The third-order valence-electron chi connectivity index (χ3n) is 2.38. The number of carbonyl (C=O) groups is 1. The second-order valence-corrected chi connectivity index (χ2v) is 7.93. The fourth-order valence-electron chi connectivity index (χ4n) is 1.45. The summed E-state index contributed by atoms with van der Waals surface area (Å²) in [5, 5.41) is 8.72. The summed E-state index contributed by atoms with van der Waals surface area (Å²) in [5.74, 6) is -3.67. The van der Waals surface area contributed by atoms with E-state index < -0.39 is 52.6 Å². The number of carboxylic acid groups (broad SMARTS) is 1. The molecule has 0 spiro atoms. The molecule has 0 amide bonds. The summed E-state index contributed by atoms with van der Waals surface area (Å²) in [5.41, 5.74) is -0.893. The Morgan fingerprint density at radius 3 is 2.16 bits per heavy atom. The van der Waals surface area contributed by atoms with Crippen LogP contribution in [0.2, 0.25) is 0 Å². The first-order valence-corrected chi connectivity index (χ1v) is 8.55. The van der Waals surface area contributed by atoms with Gasteiger partial charge in [-0.15, -0.1) is 0 Å². The highest BCUT2D eigenvalue weighted by molar-refractivity contribution is 7.94. The van der Waals surface area contributed by atoms with Crippen LogP contribution in [0, 0.1) is 5.82 Å². The number of aromatic carboxylic acids is 1. The molecule has 0 aromatic heterocycles. The molecule has 0 radical (unpaired) electrons. The molecule has 6 nitrogen and oxygen atoms in total. The van der Waals surface area contributed by atoms with Crippen molar-refractivity contribution in [3.8, 4) is 0 Å². The minimum atomic E-state index is -4.23. The Labute approximate surface area is 109 Å². The predicted octanol–water partition coefficient (Wildman–Crippen LogP) is 0.721. The molecular weight excluding hydrogens is 299 g/mol. The number of sulfone groups is 2. The Hall–Kier alpha value is -1.48. The van der Waals surface area contributed by atoms with E-state index in [1.54, 1.807) is 0 Å². The van der Waals surface area contributed by atoms with Gasteiger partial charge in [-0.2, -0.15) is 0 Å². The van der Waals surface area contributed by atoms with Crippen molar-refractivity contribution >= 4 is 25.6 Å². The van der Waals surface area contributed by atoms with Crippen LogP contribution in [0.1, 0.15) is 17.3 Å². The van der Waals surface area contributed by atoms with Gasteiger partial charge >= 0.3 is 5.97 Å². The molecule has 0 aliphatic heterocycles. The van der Waals surface area contributed by atoms with Crippen molar-refractivity contribution in [2.24, 2.45) is 0 Å². The fraction of sp³-hybridized carbons (Fsp3) is 0.300. The standard InChI is InChI=1S/C10H11FO6S2/c1-3-19(16,17)7-5-4-6(10(12)13)8(11)9(7)18(2,14)15/h4-5H,3H2,1-2H3,(H,12,13). The maximum Gasteiger partial charge on any atom is 0.338 e. The van der Waals surface area contributed by atoms with Crippen LogP contribution >= 0.6 is 0 Å². The number of rotatable bonds is 4. The Morgan fingerprint density at radius 1 is 1.26 bits per heavy atom. The Balaban J connectivity index is 3.90. The summed E-state index contributed by atoms with van der Waals surface area (Å²) in [4.78, 5) is 8.92. The molecule has 0 aliphatic rings. The van der Waals surface area contributed by atoms with Crippen LogP contribution in [0.4, 0.5) is 4.39 Å². The van der Waals surface area contributed by atoms with Crippen molar-refractivity contribution in [3.05, 3.63) is 23.5 Å². The lowest BCUT2D eigenvalue weighted by molar-refractivity contribution is 0.0691. The van der Waals surface area contributed by atoms with Gasteiger partial charge in [-0.1, -0.05) is 6.92 Å². The molecule has 0 heterocycles. The number of hydrogen-bond donors (Lipinski definition) is 1. The smallest absolute Gasteiger partial charge is 0.338 e. The molecule has 1 N–H and O–H groups in total. The molecule has 0 saturated carbocycles. The highest BCUT2D eigenvalue weighted by Crippen LogP contribution is 2.27. The van der Waals surface area contributed by atoms with Crippen LogP contribution in [0.15, 0.2) is 21.9 Å². The third kappa shape index (κ3) is 2.92. The lowest BCUT2D eigenvalue weighted by Gasteiger charge is -2.10. The van der Waals surface area contributed by atoms with Gasteiger partial charge in [-0.25, -0.2) is 26.0 Å². The van der Waals surface area contributed by atoms with Crippen LogP contribution in [0.25, 0.3) is 0 Å². The number of halogens is 1. The largest absolute Gasteiger partial charge is 0.478 e. The summed E-state index contributed by atoms with van der Waals surface area (Å²) in [6.45, 7) is 1.27. The van der Waals surface area contributed by atoms with Crippen LogP contribution in [0.3, 0.4) is 0 Å². The Morgan fingerprint density at radius 2 is 1.79 bits per heavy atom. The van der Waals surface area contributed by atoms with Gasteiger partial charge in [0.1, 0.15) is 4.90 Å². The van der Waals surface area contributed by atoms with E-state index in [1.165, 1.54) is 6.92 Å². The normalized spacial score (nSPS) is 12.4. The first-order chi connectivity index (χ1) is 8.52. The first-order valence-electron chi connectivity index (χ1n) is 5.01. The van der Waals surface area contributed by atoms with Gasteiger partial charge in [-0.3, -0.25) is 0 Å².